The molecule has 3 rings (SSSR count). The number of amides is 1. The van der Waals surface area contributed by atoms with E-state index in [0.717, 1.165) is 12.8 Å². The number of rotatable bonds is 8. The fourth-order valence-corrected chi connectivity index (χ4v) is 3.08. The number of halogens is 1. The van der Waals surface area contributed by atoms with Gasteiger partial charge in [0.25, 0.3) is 5.56 Å². The number of nitrogens with one attached hydrogen (secondary N) is 2. The molecule has 0 spiro atoms. The Balaban J connectivity index is 1.65. The van der Waals surface area contributed by atoms with Crippen LogP contribution in [0.5, 0.6) is 0 Å². The van der Waals surface area contributed by atoms with Crippen molar-refractivity contribution < 1.29 is 9.18 Å². The van der Waals surface area contributed by atoms with Gasteiger partial charge < -0.3 is 10.6 Å². The molecule has 0 saturated heterocycles. The van der Waals surface area contributed by atoms with E-state index in [9.17, 15) is 14.0 Å². The van der Waals surface area contributed by atoms with Crippen LogP contribution in [0.2, 0.25) is 0 Å². The maximum absolute atomic E-state index is 13.5. The molecule has 6 nitrogen and oxygen atoms in total. The van der Waals surface area contributed by atoms with E-state index in [1.165, 1.54) is 22.3 Å². The molecular formula is C23H25FN4O2. The van der Waals surface area contributed by atoms with Crippen molar-refractivity contribution >= 4 is 17.5 Å². The summed E-state index contributed by atoms with van der Waals surface area (Å²) < 4.78 is 14.8. The number of carbonyl (C=O) groups excluding carboxylic acids is 1. The van der Waals surface area contributed by atoms with Gasteiger partial charge in [0.05, 0.1) is 0 Å². The van der Waals surface area contributed by atoms with Gasteiger partial charge in [-0.25, -0.2) is 9.37 Å². The van der Waals surface area contributed by atoms with Crippen LogP contribution in [0.3, 0.4) is 0 Å². The largest absolute Gasteiger partial charge is 0.355 e. The van der Waals surface area contributed by atoms with Gasteiger partial charge in [-0.2, -0.15) is 0 Å². The van der Waals surface area contributed by atoms with Crippen molar-refractivity contribution in [3.05, 3.63) is 87.6 Å². The predicted octanol–water partition coefficient (Wildman–Crippen LogP) is 3.49. The molecule has 0 aliphatic carbocycles. The lowest BCUT2D eigenvalue weighted by Crippen LogP contribution is -2.34. The number of aromatic nitrogens is 2. The third-order valence-corrected chi connectivity index (χ3v) is 4.66. The van der Waals surface area contributed by atoms with E-state index in [1.807, 2.05) is 18.2 Å². The number of hydrogen-bond donors (Lipinski definition) is 2. The van der Waals surface area contributed by atoms with Crippen LogP contribution in [0, 0.1) is 19.7 Å². The Kier molecular flexibility index (Phi) is 6.95. The molecular weight excluding hydrogens is 383 g/mol. The quantitative estimate of drug-likeness (QED) is 0.560. The second-order valence-corrected chi connectivity index (χ2v) is 7.17. The Morgan fingerprint density at radius 1 is 1.10 bits per heavy atom. The minimum absolute atomic E-state index is 0.153. The maximum atomic E-state index is 13.5. The summed E-state index contributed by atoms with van der Waals surface area (Å²) in [7, 11) is 0. The van der Waals surface area contributed by atoms with Gasteiger partial charge >= 0.3 is 0 Å². The second-order valence-electron chi connectivity index (χ2n) is 7.17. The summed E-state index contributed by atoms with van der Waals surface area (Å²) in [6.07, 6.45) is 1.67. The first-order valence-electron chi connectivity index (χ1n) is 9.84. The summed E-state index contributed by atoms with van der Waals surface area (Å²) >= 11 is 0. The first-order chi connectivity index (χ1) is 14.4. The molecule has 0 saturated carbocycles. The zero-order chi connectivity index (χ0) is 21.5. The molecule has 156 valence electrons. The van der Waals surface area contributed by atoms with Gasteiger partial charge in [0.2, 0.25) is 11.9 Å². The van der Waals surface area contributed by atoms with Crippen molar-refractivity contribution in [3.63, 3.8) is 0 Å². The van der Waals surface area contributed by atoms with E-state index < -0.39 is 0 Å². The third-order valence-electron chi connectivity index (χ3n) is 4.66. The molecule has 1 aromatic heterocycles. The average Bonchev–Trinajstić information content (AvgIpc) is 2.71. The SMILES string of the molecule is Cc1cc(=O)n(CC(=O)NCCCc2ccccc2)c(Nc2ccc(F)c(C)c2)n1. The fourth-order valence-electron chi connectivity index (χ4n) is 3.08. The molecule has 2 N–H and O–H groups in total. The summed E-state index contributed by atoms with van der Waals surface area (Å²) in [6, 6.07) is 16.0. The second kappa shape index (κ2) is 9.82. The summed E-state index contributed by atoms with van der Waals surface area (Å²) in [6.45, 7) is 3.72. The summed E-state index contributed by atoms with van der Waals surface area (Å²) in [4.78, 5) is 29.2. The predicted molar refractivity (Wildman–Crippen MR) is 115 cm³/mol. The molecule has 30 heavy (non-hydrogen) atoms. The van der Waals surface area contributed by atoms with Crippen molar-refractivity contribution in [2.24, 2.45) is 0 Å². The first kappa shape index (κ1) is 21.2. The van der Waals surface area contributed by atoms with Crippen LogP contribution in [-0.2, 0) is 17.8 Å². The lowest BCUT2D eigenvalue weighted by molar-refractivity contribution is -0.121. The number of benzene rings is 2. The monoisotopic (exact) mass is 408 g/mol. The lowest BCUT2D eigenvalue weighted by atomic mass is 10.1. The lowest BCUT2D eigenvalue weighted by Gasteiger charge is -2.14. The van der Waals surface area contributed by atoms with Crippen LogP contribution in [0.25, 0.3) is 0 Å². The zero-order valence-corrected chi connectivity index (χ0v) is 17.1. The van der Waals surface area contributed by atoms with Crippen LogP contribution < -0.4 is 16.2 Å². The van der Waals surface area contributed by atoms with Gasteiger partial charge in [-0.15, -0.1) is 0 Å². The minimum Gasteiger partial charge on any atom is -0.355 e. The smallest absolute Gasteiger partial charge is 0.255 e. The molecule has 1 amide bonds. The van der Waals surface area contributed by atoms with E-state index in [2.05, 4.69) is 27.8 Å². The molecule has 1 heterocycles. The Morgan fingerprint density at radius 2 is 1.87 bits per heavy atom. The van der Waals surface area contributed by atoms with Gasteiger partial charge in [-0.05, 0) is 56.0 Å². The Morgan fingerprint density at radius 3 is 2.60 bits per heavy atom. The Bertz CT molecular complexity index is 1080. The molecule has 2 aromatic carbocycles. The minimum atomic E-state index is -0.330. The van der Waals surface area contributed by atoms with E-state index in [0.29, 0.717) is 23.5 Å². The van der Waals surface area contributed by atoms with E-state index in [1.54, 1.807) is 26.0 Å². The van der Waals surface area contributed by atoms with E-state index in [-0.39, 0.29) is 29.8 Å². The normalized spacial score (nSPS) is 10.6. The highest BCUT2D eigenvalue weighted by atomic mass is 19.1. The molecule has 0 radical (unpaired) electrons. The van der Waals surface area contributed by atoms with Crippen LogP contribution in [0.15, 0.2) is 59.4 Å². The highest BCUT2D eigenvalue weighted by Gasteiger charge is 2.12. The maximum Gasteiger partial charge on any atom is 0.255 e. The molecule has 0 unspecified atom stereocenters. The Labute approximate surface area is 174 Å². The molecule has 3 aromatic rings. The van der Waals surface area contributed by atoms with Gasteiger partial charge in [-0.1, -0.05) is 30.3 Å². The highest BCUT2D eigenvalue weighted by Crippen LogP contribution is 2.17. The summed E-state index contributed by atoms with van der Waals surface area (Å²) in [5, 5.41) is 5.87. The highest BCUT2D eigenvalue weighted by molar-refractivity contribution is 5.76. The number of nitrogens with zero attached hydrogens (tertiary/aromatic N) is 2. The van der Waals surface area contributed by atoms with Crippen LogP contribution in [0.1, 0.15) is 23.2 Å². The fraction of sp³-hybridized carbons (Fsp3) is 0.261. The number of carbonyl (C=O) groups is 1. The number of anilines is 2. The number of aryl methyl sites for hydroxylation is 3. The van der Waals surface area contributed by atoms with Crippen molar-refractivity contribution in [2.75, 3.05) is 11.9 Å². The standard InChI is InChI=1S/C23H25FN4O2/c1-16-13-19(10-11-20(16)24)27-23-26-17(2)14-22(30)28(23)15-21(29)25-12-6-9-18-7-4-3-5-8-18/h3-5,7-8,10-11,13-14H,6,9,12,15H2,1-2H3,(H,25,29)(H,26,27). The molecule has 0 aliphatic heterocycles. The average molecular weight is 408 g/mol. The van der Waals surface area contributed by atoms with Gasteiger partial charge in [-0.3, -0.25) is 14.2 Å². The van der Waals surface area contributed by atoms with E-state index >= 15 is 0 Å². The summed E-state index contributed by atoms with van der Waals surface area (Å²) in [5.41, 5.74) is 2.47. The molecule has 7 heteroatoms. The third kappa shape index (κ3) is 5.76. The van der Waals surface area contributed by atoms with Crippen molar-refractivity contribution in [3.8, 4) is 0 Å². The topological polar surface area (TPSA) is 76.0 Å². The van der Waals surface area contributed by atoms with Crippen molar-refractivity contribution in [1.29, 1.82) is 0 Å². The van der Waals surface area contributed by atoms with Crippen LogP contribution in [0.4, 0.5) is 16.0 Å². The zero-order valence-electron chi connectivity index (χ0n) is 17.1. The summed E-state index contributed by atoms with van der Waals surface area (Å²) in [5.74, 6) is -0.343. The Hall–Kier alpha value is -3.48. The van der Waals surface area contributed by atoms with Crippen molar-refractivity contribution in [2.45, 2.75) is 33.2 Å². The van der Waals surface area contributed by atoms with Gasteiger partial charge in [0, 0.05) is 24.0 Å². The molecule has 0 bridgehead atoms. The van der Waals surface area contributed by atoms with Gasteiger partial charge in [0.15, 0.2) is 0 Å². The molecule has 0 atom stereocenters. The molecule has 0 aliphatic rings. The van der Waals surface area contributed by atoms with Gasteiger partial charge in [0.1, 0.15) is 12.4 Å². The van der Waals surface area contributed by atoms with E-state index in [4.69, 9.17) is 0 Å². The molecule has 0 fully saturated rings. The first-order valence-corrected chi connectivity index (χ1v) is 9.84. The number of hydrogen-bond acceptors (Lipinski definition) is 4. The van der Waals surface area contributed by atoms with Crippen molar-refractivity contribution in [1.82, 2.24) is 14.9 Å². The van der Waals surface area contributed by atoms with Crippen LogP contribution in [-0.4, -0.2) is 22.0 Å². The van der Waals surface area contributed by atoms with Crippen LogP contribution >= 0.6 is 0 Å².